The van der Waals surface area contributed by atoms with Gasteiger partial charge in [-0.15, -0.1) is 0 Å². The van der Waals surface area contributed by atoms with Gasteiger partial charge in [0, 0.05) is 13.0 Å². The van der Waals surface area contributed by atoms with E-state index in [0.717, 1.165) is 5.56 Å². The van der Waals surface area contributed by atoms with Crippen LogP contribution in [0.5, 0.6) is 0 Å². The Balaban J connectivity index is 1.93. The van der Waals surface area contributed by atoms with E-state index in [1.54, 1.807) is 6.92 Å². The van der Waals surface area contributed by atoms with Crippen molar-refractivity contribution >= 4 is 11.9 Å². The van der Waals surface area contributed by atoms with Gasteiger partial charge in [0.1, 0.15) is 6.04 Å². The topological polar surface area (TPSA) is 84.9 Å². The standard InChI is InChI=1S/C17H23NO5/c1-2-22-17(21)15(9-8-12-6-4-3-5-7-12)23-16(20)14-10-13(19)11-18-14/h3-7,13-15,18-19H,2,8-11H2,1H3/t13?,14-,15?/m0/s1. The summed E-state index contributed by atoms with van der Waals surface area (Å²) in [6.07, 6.45) is -0.213. The molecule has 1 aliphatic rings. The van der Waals surface area contributed by atoms with Crippen LogP contribution >= 0.6 is 0 Å². The largest absolute Gasteiger partial charge is 0.463 e. The van der Waals surface area contributed by atoms with Gasteiger partial charge in [0.05, 0.1) is 12.7 Å². The molecule has 0 saturated carbocycles. The molecule has 6 nitrogen and oxygen atoms in total. The number of aliphatic hydroxyl groups is 1. The molecule has 0 aromatic heterocycles. The molecule has 1 fully saturated rings. The molecule has 1 aliphatic heterocycles. The number of rotatable bonds is 7. The summed E-state index contributed by atoms with van der Waals surface area (Å²) in [5.41, 5.74) is 1.06. The van der Waals surface area contributed by atoms with Crippen molar-refractivity contribution in [1.82, 2.24) is 5.32 Å². The highest BCUT2D eigenvalue weighted by atomic mass is 16.6. The molecule has 0 radical (unpaired) electrons. The molecule has 126 valence electrons. The lowest BCUT2D eigenvalue weighted by molar-refractivity contribution is -0.169. The van der Waals surface area contributed by atoms with Crippen LogP contribution < -0.4 is 5.32 Å². The highest BCUT2D eigenvalue weighted by Crippen LogP contribution is 2.13. The van der Waals surface area contributed by atoms with Gasteiger partial charge in [0.25, 0.3) is 0 Å². The fourth-order valence-electron chi connectivity index (χ4n) is 2.52. The van der Waals surface area contributed by atoms with Crippen molar-refractivity contribution in [2.24, 2.45) is 0 Å². The third-order valence-corrected chi connectivity index (χ3v) is 3.74. The zero-order valence-electron chi connectivity index (χ0n) is 13.2. The molecule has 0 bridgehead atoms. The fraction of sp³-hybridized carbons (Fsp3) is 0.529. The predicted octanol–water partition coefficient (Wildman–Crippen LogP) is 0.817. The van der Waals surface area contributed by atoms with Gasteiger partial charge >= 0.3 is 11.9 Å². The van der Waals surface area contributed by atoms with Gasteiger partial charge in [-0.25, -0.2) is 4.79 Å². The lowest BCUT2D eigenvalue weighted by Crippen LogP contribution is -2.38. The second kappa shape index (κ2) is 8.64. The molecule has 0 spiro atoms. The molecular formula is C17H23NO5. The van der Waals surface area contributed by atoms with E-state index in [0.29, 0.717) is 25.8 Å². The first-order valence-electron chi connectivity index (χ1n) is 7.92. The molecule has 3 atom stereocenters. The smallest absolute Gasteiger partial charge is 0.347 e. The average Bonchev–Trinajstić information content (AvgIpc) is 2.99. The summed E-state index contributed by atoms with van der Waals surface area (Å²) in [4.78, 5) is 24.1. The zero-order valence-corrected chi connectivity index (χ0v) is 13.2. The SMILES string of the molecule is CCOC(=O)C(CCc1ccccc1)OC(=O)[C@@H]1CC(O)CN1. The van der Waals surface area contributed by atoms with Crippen molar-refractivity contribution < 1.29 is 24.2 Å². The molecule has 1 saturated heterocycles. The number of aliphatic hydroxyl groups excluding tert-OH is 1. The number of nitrogens with one attached hydrogen (secondary N) is 1. The van der Waals surface area contributed by atoms with Crippen LogP contribution in [0.25, 0.3) is 0 Å². The van der Waals surface area contributed by atoms with Crippen LogP contribution in [0.3, 0.4) is 0 Å². The van der Waals surface area contributed by atoms with Crippen molar-refractivity contribution in [3.63, 3.8) is 0 Å². The fourth-order valence-corrected chi connectivity index (χ4v) is 2.52. The normalized spacial score (nSPS) is 21.7. The predicted molar refractivity (Wildman–Crippen MR) is 83.7 cm³/mol. The van der Waals surface area contributed by atoms with Crippen molar-refractivity contribution in [2.75, 3.05) is 13.2 Å². The number of hydrogen-bond donors (Lipinski definition) is 2. The van der Waals surface area contributed by atoms with Gasteiger partial charge in [0.15, 0.2) is 6.10 Å². The molecule has 1 aromatic rings. The Hall–Kier alpha value is -1.92. The monoisotopic (exact) mass is 321 g/mol. The van der Waals surface area contributed by atoms with E-state index in [1.165, 1.54) is 0 Å². The van der Waals surface area contributed by atoms with Crippen molar-refractivity contribution in [1.29, 1.82) is 0 Å². The maximum Gasteiger partial charge on any atom is 0.347 e. The molecule has 0 amide bonds. The Morgan fingerprint density at radius 1 is 1.35 bits per heavy atom. The first-order valence-corrected chi connectivity index (χ1v) is 7.92. The summed E-state index contributed by atoms with van der Waals surface area (Å²) in [6, 6.07) is 9.11. The minimum atomic E-state index is -0.929. The summed E-state index contributed by atoms with van der Waals surface area (Å²) >= 11 is 0. The van der Waals surface area contributed by atoms with Crippen LogP contribution in [-0.2, 0) is 25.5 Å². The summed E-state index contributed by atoms with van der Waals surface area (Å²) in [5, 5.41) is 12.3. The molecule has 0 aliphatic carbocycles. The lowest BCUT2D eigenvalue weighted by Gasteiger charge is -2.18. The number of hydrogen-bond acceptors (Lipinski definition) is 6. The first kappa shape index (κ1) is 17.4. The molecule has 2 rings (SSSR count). The van der Waals surface area contributed by atoms with Crippen LogP contribution in [0.15, 0.2) is 30.3 Å². The summed E-state index contributed by atoms with van der Waals surface area (Å²) < 4.78 is 10.3. The highest BCUT2D eigenvalue weighted by molar-refractivity contribution is 5.82. The third-order valence-electron chi connectivity index (χ3n) is 3.74. The molecule has 6 heteroatoms. The Morgan fingerprint density at radius 3 is 2.70 bits per heavy atom. The zero-order chi connectivity index (χ0) is 16.7. The number of aryl methyl sites for hydroxylation is 1. The molecule has 23 heavy (non-hydrogen) atoms. The Labute approximate surface area is 135 Å². The summed E-state index contributed by atoms with van der Waals surface area (Å²) in [6.45, 7) is 2.30. The van der Waals surface area contributed by atoms with Gasteiger partial charge in [-0.3, -0.25) is 4.79 Å². The molecule has 1 heterocycles. The second-order valence-electron chi connectivity index (χ2n) is 5.55. The minimum absolute atomic E-state index is 0.235. The Kier molecular flexibility index (Phi) is 6.55. The van der Waals surface area contributed by atoms with Crippen LogP contribution in [0.4, 0.5) is 0 Å². The summed E-state index contributed by atoms with van der Waals surface area (Å²) in [5.74, 6) is -1.05. The average molecular weight is 321 g/mol. The molecule has 1 aromatic carbocycles. The molecule has 2 unspecified atom stereocenters. The Morgan fingerprint density at radius 2 is 2.09 bits per heavy atom. The van der Waals surface area contributed by atoms with E-state index < -0.39 is 30.2 Å². The van der Waals surface area contributed by atoms with Crippen LogP contribution in [0, 0.1) is 0 Å². The van der Waals surface area contributed by atoms with Crippen molar-refractivity contribution in [3.8, 4) is 0 Å². The van der Waals surface area contributed by atoms with E-state index in [2.05, 4.69) is 5.32 Å². The molecule has 2 N–H and O–H groups in total. The maximum absolute atomic E-state index is 12.1. The van der Waals surface area contributed by atoms with Crippen LogP contribution in [-0.4, -0.2) is 48.4 Å². The quantitative estimate of drug-likeness (QED) is 0.723. The van der Waals surface area contributed by atoms with Gasteiger partial charge in [-0.1, -0.05) is 30.3 Å². The first-order chi connectivity index (χ1) is 11.1. The van der Waals surface area contributed by atoms with Gasteiger partial charge in [-0.05, 0) is 25.3 Å². The van der Waals surface area contributed by atoms with Gasteiger partial charge < -0.3 is 19.9 Å². The number of benzene rings is 1. The van der Waals surface area contributed by atoms with Crippen molar-refractivity contribution in [2.45, 2.75) is 44.4 Å². The molecular weight excluding hydrogens is 298 g/mol. The number of carbonyl (C=O) groups is 2. The van der Waals surface area contributed by atoms with Gasteiger partial charge in [-0.2, -0.15) is 0 Å². The third kappa shape index (κ3) is 5.33. The minimum Gasteiger partial charge on any atom is -0.463 e. The number of β-amino-alcohol motifs (C(OH)–C–C–N with tert-alkyl or cyclic N) is 1. The van der Waals surface area contributed by atoms with E-state index in [-0.39, 0.29) is 6.61 Å². The number of esters is 2. The van der Waals surface area contributed by atoms with E-state index >= 15 is 0 Å². The maximum atomic E-state index is 12.1. The lowest BCUT2D eigenvalue weighted by atomic mass is 10.1. The van der Waals surface area contributed by atoms with E-state index in [4.69, 9.17) is 9.47 Å². The second-order valence-corrected chi connectivity index (χ2v) is 5.55. The van der Waals surface area contributed by atoms with E-state index in [9.17, 15) is 14.7 Å². The summed E-state index contributed by atoms with van der Waals surface area (Å²) in [7, 11) is 0. The van der Waals surface area contributed by atoms with Crippen molar-refractivity contribution in [3.05, 3.63) is 35.9 Å². The van der Waals surface area contributed by atoms with Crippen LogP contribution in [0.1, 0.15) is 25.3 Å². The van der Waals surface area contributed by atoms with E-state index in [1.807, 2.05) is 30.3 Å². The Bertz CT molecular complexity index is 519. The number of ether oxygens (including phenoxy) is 2. The number of carbonyl (C=O) groups excluding carboxylic acids is 2. The van der Waals surface area contributed by atoms with Crippen LogP contribution in [0.2, 0.25) is 0 Å². The van der Waals surface area contributed by atoms with Gasteiger partial charge in [0.2, 0.25) is 0 Å². The highest BCUT2D eigenvalue weighted by Gasteiger charge is 2.33.